The van der Waals surface area contributed by atoms with Crippen LogP contribution in [0, 0.1) is 0 Å². The van der Waals surface area contributed by atoms with Crippen LogP contribution in [-0.2, 0) is 14.3 Å². The summed E-state index contributed by atoms with van der Waals surface area (Å²) in [5, 5.41) is 24.0. The number of allylic oxidation sites excluding steroid dienone is 6. The second-order valence-electron chi connectivity index (χ2n) is 21.5. The van der Waals surface area contributed by atoms with E-state index in [2.05, 4.69) is 62.5 Å². The zero-order valence-corrected chi connectivity index (χ0v) is 47.2. The van der Waals surface area contributed by atoms with Crippen molar-refractivity contribution in [2.24, 2.45) is 0 Å². The number of aliphatic hydroxyl groups excluding tert-OH is 2. The van der Waals surface area contributed by atoms with E-state index < -0.39 is 18.2 Å². The zero-order valence-electron chi connectivity index (χ0n) is 47.2. The van der Waals surface area contributed by atoms with Gasteiger partial charge in [0.05, 0.1) is 25.2 Å². The lowest BCUT2D eigenvalue weighted by Crippen LogP contribution is -2.46. The second kappa shape index (κ2) is 58.0. The van der Waals surface area contributed by atoms with Gasteiger partial charge in [-0.3, -0.25) is 9.59 Å². The van der Waals surface area contributed by atoms with Gasteiger partial charge in [-0.25, -0.2) is 0 Å². The molecule has 0 radical (unpaired) electrons. The third-order valence-electron chi connectivity index (χ3n) is 14.5. The molecule has 0 aromatic carbocycles. The van der Waals surface area contributed by atoms with Crippen LogP contribution in [-0.4, -0.2) is 46.9 Å². The highest BCUT2D eigenvalue weighted by Crippen LogP contribution is 2.19. The van der Waals surface area contributed by atoms with Crippen LogP contribution in [0.3, 0.4) is 0 Å². The molecule has 0 aromatic rings. The van der Waals surface area contributed by atoms with Gasteiger partial charge in [0.1, 0.15) is 6.10 Å². The van der Waals surface area contributed by atoms with Crippen molar-refractivity contribution in [3.63, 3.8) is 0 Å². The van der Waals surface area contributed by atoms with Gasteiger partial charge in [-0.15, -0.1) is 0 Å². The van der Waals surface area contributed by atoms with Crippen molar-refractivity contribution in [3.05, 3.63) is 36.5 Å². The number of carbonyl (C=O) groups is 2. The Balaban J connectivity index is 4.56. The van der Waals surface area contributed by atoms with Gasteiger partial charge in [0.2, 0.25) is 5.91 Å². The van der Waals surface area contributed by atoms with Crippen molar-refractivity contribution in [1.82, 2.24) is 5.32 Å². The summed E-state index contributed by atoms with van der Waals surface area (Å²) in [5.41, 5.74) is 0. The molecule has 3 N–H and O–H groups in total. The molecule has 3 unspecified atom stereocenters. The third kappa shape index (κ3) is 52.4. The standard InChI is InChI=1S/C64H121NO5/c1-4-7-10-13-16-19-22-25-28-31-33-36-39-42-45-48-51-54-57-64(69)70-60(55-52-49-46-43-40-37-34-30-27-24-21-18-15-12-9-6-3)58-63(68)65-61(59-66)62(67)56-53-50-47-44-41-38-35-32-29-26-23-20-17-14-11-8-5-2/h28,31,33,36-37,40,60-62,66-67H,4-27,29-30,32,34-35,38-39,41-59H2,1-3H3,(H,65,68)/b31-28+,36-33+,40-37+. The molecule has 0 saturated heterocycles. The third-order valence-corrected chi connectivity index (χ3v) is 14.5. The van der Waals surface area contributed by atoms with Crippen LogP contribution in [0.4, 0.5) is 0 Å². The van der Waals surface area contributed by atoms with Gasteiger partial charge in [-0.05, 0) is 77.0 Å². The lowest BCUT2D eigenvalue weighted by atomic mass is 10.0. The van der Waals surface area contributed by atoms with Gasteiger partial charge >= 0.3 is 5.97 Å². The summed E-state index contributed by atoms with van der Waals surface area (Å²) in [7, 11) is 0. The van der Waals surface area contributed by atoms with E-state index in [0.29, 0.717) is 19.3 Å². The first-order valence-corrected chi connectivity index (χ1v) is 31.2. The van der Waals surface area contributed by atoms with Crippen LogP contribution >= 0.6 is 0 Å². The maximum absolute atomic E-state index is 13.3. The first-order valence-electron chi connectivity index (χ1n) is 31.2. The van der Waals surface area contributed by atoms with Crippen molar-refractivity contribution in [3.8, 4) is 0 Å². The molecule has 6 heteroatoms. The van der Waals surface area contributed by atoms with Gasteiger partial charge in [0.15, 0.2) is 0 Å². The number of nitrogens with one attached hydrogen (secondary N) is 1. The maximum atomic E-state index is 13.3. The SMILES string of the molecule is CCCCCCCCC/C=C/C=C/CCCCCCCC(=O)OC(CCCCC/C=C/CCCCCCCCCCC)CC(=O)NC(CO)C(O)CCCCCCCCCCCCCCCCCCC. The Labute approximate surface area is 436 Å². The second-order valence-corrected chi connectivity index (χ2v) is 21.5. The minimum absolute atomic E-state index is 0.0640. The highest BCUT2D eigenvalue weighted by atomic mass is 16.5. The summed E-state index contributed by atoms with van der Waals surface area (Å²) in [6.45, 7) is 6.52. The molecule has 0 saturated carbocycles. The first kappa shape index (κ1) is 68.1. The largest absolute Gasteiger partial charge is 0.462 e. The molecule has 0 heterocycles. The summed E-state index contributed by atoms with van der Waals surface area (Å²) < 4.78 is 5.97. The summed E-state index contributed by atoms with van der Waals surface area (Å²) >= 11 is 0. The molecule has 0 fully saturated rings. The Kier molecular flexibility index (Phi) is 56.4. The van der Waals surface area contributed by atoms with Gasteiger partial charge in [-0.2, -0.15) is 0 Å². The van der Waals surface area contributed by atoms with Gasteiger partial charge < -0.3 is 20.3 Å². The van der Waals surface area contributed by atoms with E-state index in [4.69, 9.17) is 4.74 Å². The van der Waals surface area contributed by atoms with E-state index in [9.17, 15) is 19.8 Å². The van der Waals surface area contributed by atoms with E-state index in [-0.39, 0.29) is 24.9 Å². The fourth-order valence-electron chi connectivity index (χ4n) is 9.71. The van der Waals surface area contributed by atoms with Crippen LogP contribution in [0.1, 0.15) is 335 Å². The fourth-order valence-corrected chi connectivity index (χ4v) is 9.71. The van der Waals surface area contributed by atoms with Crippen molar-refractivity contribution in [2.45, 2.75) is 354 Å². The molecule has 1 amide bonds. The molecular formula is C64H121NO5. The molecule has 0 aliphatic heterocycles. The Bertz CT molecular complexity index is 1150. The monoisotopic (exact) mass is 984 g/mol. The number of carbonyl (C=O) groups excluding carboxylic acids is 2. The lowest BCUT2D eigenvalue weighted by molar-refractivity contribution is -0.151. The van der Waals surface area contributed by atoms with Gasteiger partial charge in [0, 0.05) is 6.42 Å². The fraction of sp³-hybridized carbons (Fsp3) is 0.875. The van der Waals surface area contributed by atoms with E-state index in [0.717, 1.165) is 70.6 Å². The van der Waals surface area contributed by atoms with Crippen LogP contribution < -0.4 is 5.32 Å². The van der Waals surface area contributed by atoms with Crippen molar-refractivity contribution < 1.29 is 24.5 Å². The van der Waals surface area contributed by atoms with Crippen LogP contribution in [0.25, 0.3) is 0 Å². The Hall–Kier alpha value is -1.92. The van der Waals surface area contributed by atoms with Crippen molar-refractivity contribution in [1.29, 1.82) is 0 Å². The Morgan fingerprint density at radius 2 is 0.729 bits per heavy atom. The maximum Gasteiger partial charge on any atom is 0.306 e. The summed E-state index contributed by atoms with van der Waals surface area (Å²) in [5.74, 6) is -0.489. The molecule has 0 aliphatic carbocycles. The predicted molar refractivity (Wildman–Crippen MR) is 306 cm³/mol. The zero-order chi connectivity index (χ0) is 50.9. The highest BCUT2D eigenvalue weighted by molar-refractivity contribution is 5.77. The Morgan fingerprint density at radius 3 is 1.11 bits per heavy atom. The summed E-state index contributed by atoms with van der Waals surface area (Å²) in [6, 6.07) is -0.709. The topological polar surface area (TPSA) is 95.9 Å². The van der Waals surface area contributed by atoms with Crippen molar-refractivity contribution in [2.75, 3.05) is 6.61 Å². The number of unbranched alkanes of at least 4 members (excludes halogenated alkanes) is 40. The average Bonchev–Trinajstić information content (AvgIpc) is 3.35. The van der Waals surface area contributed by atoms with E-state index in [1.807, 2.05) is 0 Å². The number of aliphatic hydroxyl groups is 2. The smallest absolute Gasteiger partial charge is 0.306 e. The number of esters is 1. The van der Waals surface area contributed by atoms with Crippen LogP contribution in [0.2, 0.25) is 0 Å². The molecule has 0 spiro atoms. The average molecular weight is 985 g/mol. The molecule has 0 aromatic heterocycles. The molecule has 0 rings (SSSR count). The molecule has 412 valence electrons. The van der Waals surface area contributed by atoms with Gasteiger partial charge in [-0.1, -0.05) is 282 Å². The molecule has 0 aliphatic rings. The van der Waals surface area contributed by atoms with E-state index in [1.165, 1.54) is 218 Å². The molecule has 0 bridgehead atoms. The lowest BCUT2D eigenvalue weighted by Gasteiger charge is -2.24. The normalized spacial score (nSPS) is 13.3. The predicted octanol–water partition coefficient (Wildman–Crippen LogP) is 19.6. The molecule has 3 atom stereocenters. The van der Waals surface area contributed by atoms with Crippen LogP contribution in [0.15, 0.2) is 36.5 Å². The summed E-state index contributed by atoms with van der Waals surface area (Å²) in [4.78, 5) is 26.3. The van der Waals surface area contributed by atoms with Gasteiger partial charge in [0.25, 0.3) is 0 Å². The van der Waals surface area contributed by atoms with Crippen molar-refractivity contribution >= 4 is 11.9 Å². The quantitative estimate of drug-likeness (QED) is 0.0244. The number of hydrogen-bond donors (Lipinski definition) is 3. The molecule has 70 heavy (non-hydrogen) atoms. The number of amides is 1. The van der Waals surface area contributed by atoms with Crippen LogP contribution in [0.5, 0.6) is 0 Å². The Morgan fingerprint density at radius 1 is 0.414 bits per heavy atom. The number of hydrogen-bond acceptors (Lipinski definition) is 5. The highest BCUT2D eigenvalue weighted by Gasteiger charge is 2.24. The summed E-state index contributed by atoms with van der Waals surface area (Å²) in [6.07, 6.45) is 70.7. The molecule has 6 nitrogen and oxygen atoms in total. The molecular weight excluding hydrogens is 863 g/mol. The number of ether oxygens (including phenoxy) is 1. The minimum atomic E-state index is -0.794. The first-order chi connectivity index (χ1) is 34.5. The van der Waals surface area contributed by atoms with E-state index >= 15 is 0 Å². The number of rotatable bonds is 57. The van der Waals surface area contributed by atoms with E-state index in [1.54, 1.807) is 0 Å². The minimum Gasteiger partial charge on any atom is -0.462 e.